The van der Waals surface area contributed by atoms with Crippen LogP contribution in [0.2, 0.25) is 0 Å². The molecule has 1 aromatic carbocycles. The summed E-state index contributed by atoms with van der Waals surface area (Å²) in [4.78, 5) is 14.7. The lowest BCUT2D eigenvalue weighted by molar-refractivity contribution is 0.154. The van der Waals surface area contributed by atoms with E-state index >= 15 is 0 Å². The fraction of sp³-hybridized carbons (Fsp3) is 0.500. The Morgan fingerprint density at radius 2 is 2.30 bits per heavy atom. The van der Waals surface area contributed by atoms with Crippen molar-refractivity contribution in [2.24, 2.45) is 5.41 Å². The van der Waals surface area contributed by atoms with Crippen LogP contribution in [-0.4, -0.2) is 47.0 Å². The third-order valence-corrected chi connectivity index (χ3v) is 5.56. The van der Waals surface area contributed by atoms with E-state index in [2.05, 4.69) is 17.3 Å². The predicted molar refractivity (Wildman–Crippen MR) is 101 cm³/mol. The van der Waals surface area contributed by atoms with Gasteiger partial charge in [0, 0.05) is 25.1 Å². The average Bonchev–Trinajstić information content (AvgIpc) is 3.38. The number of urea groups is 1. The second-order valence-corrected chi connectivity index (χ2v) is 7.55. The van der Waals surface area contributed by atoms with Gasteiger partial charge in [0.1, 0.15) is 5.82 Å². The van der Waals surface area contributed by atoms with Gasteiger partial charge in [0.05, 0.1) is 29.9 Å². The van der Waals surface area contributed by atoms with Crippen molar-refractivity contribution in [2.75, 3.05) is 31.6 Å². The summed E-state index contributed by atoms with van der Waals surface area (Å²) in [7, 11) is 0. The quantitative estimate of drug-likeness (QED) is 0.892. The third-order valence-electron chi connectivity index (χ3n) is 5.56. The minimum absolute atomic E-state index is 0.102. The van der Waals surface area contributed by atoms with E-state index in [0.717, 1.165) is 57.7 Å². The van der Waals surface area contributed by atoms with Crippen LogP contribution in [0.1, 0.15) is 31.9 Å². The molecule has 144 valence electrons. The topological polar surface area (TPSA) is 59.4 Å². The summed E-state index contributed by atoms with van der Waals surface area (Å²) in [5.74, 6) is -0.308. The van der Waals surface area contributed by atoms with E-state index in [1.54, 1.807) is 16.9 Å². The lowest BCUT2D eigenvalue weighted by atomic mass is 9.87. The van der Waals surface area contributed by atoms with Crippen molar-refractivity contribution in [2.45, 2.75) is 32.6 Å². The standard InChI is InChI=1S/C20H25FN4O2/c1-2-4-18-17(12-22-25(18)16-6-3-5-15(21)11-16)23-19(26)24-9-7-20(13-24)8-10-27-14-20/h3,5-6,11-12H,2,4,7-10,13-14H2,1H3,(H,23,26). The number of rotatable bonds is 4. The van der Waals surface area contributed by atoms with Gasteiger partial charge in [-0.15, -0.1) is 0 Å². The summed E-state index contributed by atoms with van der Waals surface area (Å²) in [6.07, 6.45) is 5.30. The van der Waals surface area contributed by atoms with Crippen molar-refractivity contribution < 1.29 is 13.9 Å². The molecule has 1 atom stereocenters. The number of nitrogens with one attached hydrogen (secondary N) is 1. The lowest BCUT2D eigenvalue weighted by Gasteiger charge is -2.22. The molecule has 7 heteroatoms. The fourth-order valence-electron chi connectivity index (χ4n) is 4.06. The first-order valence-electron chi connectivity index (χ1n) is 9.57. The normalized spacial score (nSPS) is 21.9. The van der Waals surface area contributed by atoms with Crippen molar-refractivity contribution in [1.29, 1.82) is 0 Å². The van der Waals surface area contributed by atoms with Gasteiger partial charge in [0.25, 0.3) is 0 Å². The zero-order chi connectivity index (χ0) is 18.9. The zero-order valence-corrected chi connectivity index (χ0v) is 15.6. The summed E-state index contributed by atoms with van der Waals surface area (Å²) < 4.78 is 20.9. The molecule has 6 nitrogen and oxygen atoms in total. The van der Waals surface area contributed by atoms with E-state index in [1.807, 2.05) is 11.0 Å². The number of anilines is 1. The molecule has 0 aliphatic carbocycles. The minimum Gasteiger partial charge on any atom is -0.381 e. The molecule has 2 aliphatic heterocycles. The molecular formula is C20H25FN4O2. The van der Waals surface area contributed by atoms with E-state index in [0.29, 0.717) is 11.4 Å². The van der Waals surface area contributed by atoms with Gasteiger partial charge in [-0.2, -0.15) is 5.10 Å². The van der Waals surface area contributed by atoms with E-state index < -0.39 is 0 Å². The Bertz CT molecular complexity index is 829. The van der Waals surface area contributed by atoms with Gasteiger partial charge < -0.3 is 15.0 Å². The third kappa shape index (κ3) is 3.56. The molecule has 0 saturated carbocycles. The van der Waals surface area contributed by atoms with Gasteiger partial charge in [-0.1, -0.05) is 19.4 Å². The second kappa shape index (κ2) is 7.31. The molecule has 2 fully saturated rings. The van der Waals surface area contributed by atoms with Crippen LogP contribution in [0.15, 0.2) is 30.5 Å². The van der Waals surface area contributed by atoms with Crippen molar-refractivity contribution >= 4 is 11.7 Å². The molecule has 4 rings (SSSR count). The zero-order valence-electron chi connectivity index (χ0n) is 15.6. The molecular weight excluding hydrogens is 347 g/mol. The average molecular weight is 372 g/mol. The Morgan fingerprint density at radius 3 is 3.04 bits per heavy atom. The van der Waals surface area contributed by atoms with Crippen LogP contribution in [0.3, 0.4) is 0 Å². The molecule has 2 aliphatic rings. The number of carbonyl (C=O) groups excluding carboxylic acids is 1. The Labute approximate surface area is 158 Å². The number of benzene rings is 1. The SMILES string of the molecule is CCCc1c(NC(=O)N2CCC3(CCOC3)C2)cnn1-c1cccc(F)c1. The van der Waals surface area contributed by atoms with Crippen LogP contribution < -0.4 is 5.32 Å². The van der Waals surface area contributed by atoms with Gasteiger partial charge >= 0.3 is 6.03 Å². The first-order valence-corrected chi connectivity index (χ1v) is 9.57. The summed E-state index contributed by atoms with van der Waals surface area (Å²) in [5, 5.41) is 7.41. The second-order valence-electron chi connectivity index (χ2n) is 7.55. The highest BCUT2D eigenvalue weighted by Crippen LogP contribution is 2.38. The molecule has 0 bridgehead atoms. The highest BCUT2D eigenvalue weighted by Gasteiger charge is 2.42. The van der Waals surface area contributed by atoms with Crippen molar-refractivity contribution in [3.05, 3.63) is 42.0 Å². The van der Waals surface area contributed by atoms with E-state index in [9.17, 15) is 9.18 Å². The maximum atomic E-state index is 13.6. The smallest absolute Gasteiger partial charge is 0.321 e. The molecule has 3 heterocycles. The number of likely N-dealkylation sites (tertiary alicyclic amines) is 1. The number of carbonyl (C=O) groups is 1. The van der Waals surface area contributed by atoms with Crippen molar-refractivity contribution in [3.8, 4) is 5.69 Å². The van der Waals surface area contributed by atoms with Crippen LogP contribution in [0.5, 0.6) is 0 Å². The van der Waals surface area contributed by atoms with Crippen LogP contribution in [-0.2, 0) is 11.2 Å². The first-order chi connectivity index (χ1) is 13.1. The molecule has 1 aromatic heterocycles. The van der Waals surface area contributed by atoms with Gasteiger partial charge in [0.15, 0.2) is 0 Å². The van der Waals surface area contributed by atoms with Gasteiger partial charge in [-0.05, 0) is 37.5 Å². The Balaban J connectivity index is 1.52. The summed E-state index contributed by atoms with van der Waals surface area (Å²) in [6, 6.07) is 6.22. The molecule has 1 spiro atoms. The molecule has 2 saturated heterocycles. The Kier molecular flexibility index (Phi) is 4.86. The van der Waals surface area contributed by atoms with E-state index in [-0.39, 0.29) is 17.3 Å². The first kappa shape index (κ1) is 18.0. The number of ether oxygens (including phenoxy) is 1. The molecule has 1 unspecified atom stereocenters. The maximum Gasteiger partial charge on any atom is 0.321 e. The number of hydrogen-bond donors (Lipinski definition) is 1. The lowest BCUT2D eigenvalue weighted by Crippen LogP contribution is -2.35. The maximum absolute atomic E-state index is 13.6. The minimum atomic E-state index is -0.308. The molecule has 2 amide bonds. The summed E-state index contributed by atoms with van der Waals surface area (Å²) in [6.45, 7) is 5.08. The summed E-state index contributed by atoms with van der Waals surface area (Å²) in [5.41, 5.74) is 2.36. The number of aromatic nitrogens is 2. The van der Waals surface area contributed by atoms with Crippen molar-refractivity contribution in [1.82, 2.24) is 14.7 Å². The van der Waals surface area contributed by atoms with E-state index in [4.69, 9.17) is 4.74 Å². The van der Waals surface area contributed by atoms with Gasteiger partial charge in [-0.3, -0.25) is 0 Å². The fourth-order valence-corrected chi connectivity index (χ4v) is 4.06. The van der Waals surface area contributed by atoms with Crippen molar-refractivity contribution in [3.63, 3.8) is 0 Å². The number of halogens is 1. The Hall–Kier alpha value is -2.41. The molecule has 1 N–H and O–H groups in total. The van der Waals surface area contributed by atoms with Crippen LogP contribution >= 0.6 is 0 Å². The highest BCUT2D eigenvalue weighted by molar-refractivity contribution is 5.90. The molecule has 0 radical (unpaired) electrons. The van der Waals surface area contributed by atoms with Gasteiger partial charge in [-0.25, -0.2) is 13.9 Å². The van der Waals surface area contributed by atoms with Crippen LogP contribution in [0, 0.1) is 11.2 Å². The number of amides is 2. The van der Waals surface area contributed by atoms with Crippen LogP contribution in [0.4, 0.5) is 14.9 Å². The number of hydrogen-bond acceptors (Lipinski definition) is 3. The van der Waals surface area contributed by atoms with Gasteiger partial charge in [0.2, 0.25) is 0 Å². The number of nitrogens with zero attached hydrogens (tertiary/aromatic N) is 3. The molecule has 27 heavy (non-hydrogen) atoms. The highest BCUT2D eigenvalue weighted by atomic mass is 19.1. The summed E-state index contributed by atoms with van der Waals surface area (Å²) >= 11 is 0. The Morgan fingerprint density at radius 1 is 1.41 bits per heavy atom. The largest absolute Gasteiger partial charge is 0.381 e. The molecule has 2 aromatic rings. The monoisotopic (exact) mass is 372 g/mol. The predicted octanol–water partition coefficient (Wildman–Crippen LogP) is 3.61. The van der Waals surface area contributed by atoms with Crippen LogP contribution in [0.25, 0.3) is 5.69 Å². The van der Waals surface area contributed by atoms with E-state index in [1.165, 1.54) is 12.1 Å².